The molecule has 0 aromatic carbocycles. The van der Waals surface area contributed by atoms with Crippen molar-refractivity contribution >= 4 is 21.7 Å². The summed E-state index contributed by atoms with van der Waals surface area (Å²) in [6.07, 6.45) is 2.63. The normalized spacial score (nSPS) is 12.6. The number of hydrogen-bond donors (Lipinski definition) is 2. The Hall–Kier alpha value is -0.610. The molecule has 1 unspecified atom stereocenters. The Bertz CT molecular complexity index is 300. The first-order valence-electron chi connectivity index (χ1n) is 4.67. The summed E-state index contributed by atoms with van der Waals surface area (Å²) in [5.41, 5.74) is 1.13. The van der Waals surface area contributed by atoms with Crippen LogP contribution >= 0.6 is 15.9 Å². The highest BCUT2D eigenvalue weighted by molar-refractivity contribution is 9.10. The molecule has 0 radical (unpaired) electrons. The molecule has 0 amide bonds. The van der Waals surface area contributed by atoms with Gasteiger partial charge in [-0.3, -0.25) is 0 Å². The van der Waals surface area contributed by atoms with Gasteiger partial charge >= 0.3 is 0 Å². The van der Waals surface area contributed by atoms with E-state index in [2.05, 4.69) is 26.2 Å². The minimum absolute atomic E-state index is 0.0700. The Kier molecular flexibility index (Phi) is 4.35. The monoisotopic (exact) mass is 258 g/mol. The van der Waals surface area contributed by atoms with Crippen LogP contribution in [0.2, 0.25) is 0 Å². The third-order valence-corrected chi connectivity index (χ3v) is 3.14. The quantitative estimate of drug-likeness (QED) is 0.872. The molecule has 0 saturated heterocycles. The molecule has 0 saturated carbocycles. The number of aromatic nitrogens is 1. The van der Waals surface area contributed by atoms with E-state index in [1.807, 2.05) is 19.9 Å². The summed E-state index contributed by atoms with van der Waals surface area (Å²) in [4.78, 5) is 4.21. The Labute approximate surface area is 92.7 Å². The second-order valence-corrected chi connectivity index (χ2v) is 4.02. The van der Waals surface area contributed by atoms with Gasteiger partial charge in [0.2, 0.25) is 0 Å². The van der Waals surface area contributed by atoms with E-state index in [1.165, 1.54) is 0 Å². The highest BCUT2D eigenvalue weighted by atomic mass is 79.9. The molecule has 1 aromatic heterocycles. The molecule has 0 fully saturated rings. The SMILES string of the molecule is CCC(CO)Nc1nccc(C)c1Br. The molecule has 1 heterocycles. The van der Waals surface area contributed by atoms with E-state index < -0.39 is 0 Å². The summed E-state index contributed by atoms with van der Waals surface area (Å²) in [6, 6.07) is 2.01. The fourth-order valence-electron chi connectivity index (χ4n) is 1.11. The summed E-state index contributed by atoms with van der Waals surface area (Å²) < 4.78 is 0.965. The molecule has 0 aliphatic carbocycles. The Morgan fingerprint density at radius 3 is 2.93 bits per heavy atom. The van der Waals surface area contributed by atoms with Gasteiger partial charge in [-0.2, -0.15) is 0 Å². The van der Waals surface area contributed by atoms with E-state index >= 15 is 0 Å². The molecular formula is C10H15BrN2O. The van der Waals surface area contributed by atoms with Crippen LogP contribution in [-0.2, 0) is 0 Å². The van der Waals surface area contributed by atoms with Crippen molar-refractivity contribution < 1.29 is 5.11 Å². The van der Waals surface area contributed by atoms with Crippen LogP contribution in [0.4, 0.5) is 5.82 Å². The number of halogens is 1. The Morgan fingerprint density at radius 1 is 1.64 bits per heavy atom. The van der Waals surface area contributed by atoms with Crippen LogP contribution in [0.25, 0.3) is 0 Å². The van der Waals surface area contributed by atoms with E-state index in [0.29, 0.717) is 0 Å². The number of aliphatic hydroxyl groups is 1. The Morgan fingerprint density at radius 2 is 2.36 bits per heavy atom. The van der Waals surface area contributed by atoms with Crippen molar-refractivity contribution in [2.45, 2.75) is 26.3 Å². The lowest BCUT2D eigenvalue weighted by Crippen LogP contribution is -2.23. The minimum atomic E-state index is 0.0700. The van der Waals surface area contributed by atoms with Gasteiger partial charge < -0.3 is 10.4 Å². The van der Waals surface area contributed by atoms with Crippen molar-refractivity contribution in [3.05, 3.63) is 22.3 Å². The van der Waals surface area contributed by atoms with Crippen LogP contribution in [0, 0.1) is 6.92 Å². The van der Waals surface area contributed by atoms with Crippen molar-refractivity contribution in [2.75, 3.05) is 11.9 Å². The average molecular weight is 259 g/mol. The fraction of sp³-hybridized carbons (Fsp3) is 0.500. The molecule has 1 aromatic rings. The van der Waals surface area contributed by atoms with Gasteiger partial charge in [-0.05, 0) is 40.9 Å². The zero-order valence-electron chi connectivity index (χ0n) is 8.42. The molecule has 0 aliphatic rings. The van der Waals surface area contributed by atoms with Crippen LogP contribution in [0.15, 0.2) is 16.7 Å². The molecule has 0 spiro atoms. The lowest BCUT2D eigenvalue weighted by molar-refractivity contribution is 0.271. The first kappa shape index (κ1) is 11.5. The van der Waals surface area contributed by atoms with Crippen molar-refractivity contribution in [3.63, 3.8) is 0 Å². The number of nitrogens with zero attached hydrogens (tertiary/aromatic N) is 1. The van der Waals surface area contributed by atoms with Gasteiger partial charge in [-0.1, -0.05) is 6.92 Å². The molecule has 1 rings (SSSR count). The average Bonchev–Trinajstić information content (AvgIpc) is 2.20. The maximum atomic E-state index is 9.04. The van der Waals surface area contributed by atoms with E-state index in [9.17, 15) is 0 Å². The van der Waals surface area contributed by atoms with E-state index in [1.54, 1.807) is 6.20 Å². The number of aliphatic hydroxyl groups excluding tert-OH is 1. The maximum Gasteiger partial charge on any atom is 0.140 e. The predicted molar refractivity (Wildman–Crippen MR) is 61.5 cm³/mol. The zero-order valence-corrected chi connectivity index (χ0v) is 10.0. The van der Waals surface area contributed by atoms with Gasteiger partial charge in [-0.25, -0.2) is 4.98 Å². The molecular weight excluding hydrogens is 244 g/mol. The third kappa shape index (κ3) is 2.69. The van der Waals surface area contributed by atoms with Crippen LogP contribution < -0.4 is 5.32 Å². The number of nitrogens with one attached hydrogen (secondary N) is 1. The largest absolute Gasteiger partial charge is 0.394 e. The fourth-order valence-corrected chi connectivity index (χ4v) is 1.46. The molecule has 4 heteroatoms. The number of aryl methyl sites for hydroxylation is 1. The molecule has 1 atom stereocenters. The minimum Gasteiger partial charge on any atom is -0.394 e. The standard InChI is InChI=1S/C10H15BrN2O/c1-3-8(6-14)13-10-9(11)7(2)4-5-12-10/h4-5,8,14H,3,6H2,1-2H3,(H,12,13). The van der Waals surface area contributed by atoms with E-state index in [-0.39, 0.29) is 12.6 Å². The second kappa shape index (κ2) is 5.32. The van der Waals surface area contributed by atoms with Gasteiger partial charge in [0.1, 0.15) is 5.82 Å². The van der Waals surface area contributed by atoms with Gasteiger partial charge in [-0.15, -0.1) is 0 Å². The van der Waals surface area contributed by atoms with Crippen LogP contribution in [-0.4, -0.2) is 22.7 Å². The first-order valence-corrected chi connectivity index (χ1v) is 5.46. The summed E-state index contributed by atoms with van der Waals surface area (Å²) in [5.74, 6) is 0.797. The Balaban J connectivity index is 2.80. The second-order valence-electron chi connectivity index (χ2n) is 3.22. The molecule has 14 heavy (non-hydrogen) atoms. The molecule has 0 aliphatic heterocycles. The first-order chi connectivity index (χ1) is 6.69. The highest BCUT2D eigenvalue weighted by Crippen LogP contribution is 2.23. The molecule has 3 nitrogen and oxygen atoms in total. The summed E-state index contributed by atoms with van der Waals surface area (Å²) in [6.45, 7) is 4.16. The molecule has 2 N–H and O–H groups in total. The van der Waals surface area contributed by atoms with Crippen LogP contribution in [0.5, 0.6) is 0 Å². The predicted octanol–water partition coefficient (Wildman–Crippen LogP) is 2.34. The van der Waals surface area contributed by atoms with Gasteiger partial charge in [0, 0.05) is 6.20 Å². The molecule has 0 bridgehead atoms. The van der Waals surface area contributed by atoms with Crippen molar-refractivity contribution in [3.8, 4) is 0 Å². The van der Waals surface area contributed by atoms with E-state index in [4.69, 9.17) is 5.11 Å². The van der Waals surface area contributed by atoms with Crippen molar-refractivity contribution in [2.24, 2.45) is 0 Å². The maximum absolute atomic E-state index is 9.04. The van der Waals surface area contributed by atoms with Gasteiger partial charge in [0.05, 0.1) is 17.1 Å². The summed E-state index contributed by atoms with van der Waals surface area (Å²) in [5, 5.41) is 12.2. The summed E-state index contributed by atoms with van der Waals surface area (Å²) >= 11 is 3.46. The van der Waals surface area contributed by atoms with Gasteiger partial charge in [0.25, 0.3) is 0 Å². The lowest BCUT2D eigenvalue weighted by atomic mass is 10.2. The lowest BCUT2D eigenvalue weighted by Gasteiger charge is -2.16. The smallest absolute Gasteiger partial charge is 0.140 e. The number of anilines is 1. The van der Waals surface area contributed by atoms with Crippen LogP contribution in [0.3, 0.4) is 0 Å². The van der Waals surface area contributed by atoms with Crippen molar-refractivity contribution in [1.82, 2.24) is 4.98 Å². The van der Waals surface area contributed by atoms with Gasteiger partial charge in [0.15, 0.2) is 0 Å². The highest BCUT2D eigenvalue weighted by Gasteiger charge is 2.08. The van der Waals surface area contributed by atoms with Crippen LogP contribution in [0.1, 0.15) is 18.9 Å². The van der Waals surface area contributed by atoms with Crippen molar-refractivity contribution in [1.29, 1.82) is 0 Å². The molecule has 78 valence electrons. The number of rotatable bonds is 4. The number of pyridine rings is 1. The van der Waals surface area contributed by atoms with E-state index in [0.717, 1.165) is 22.3 Å². The summed E-state index contributed by atoms with van der Waals surface area (Å²) in [7, 11) is 0. The zero-order chi connectivity index (χ0) is 10.6. The topological polar surface area (TPSA) is 45.1 Å². The number of hydrogen-bond acceptors (Lipinski definition) is 3. The third-order valence-electron chi connectivity index (χ3n) is 2.14.